The number of hydrogen-bond donors (Lipinski definition) is 1. The summed E-state index contributed by atoms with van der Waals surface area (Å²) < 4.78 is 0. The molecule has 2 nitrogen and oxygen atoms in total. The smallest absolute Gasteiger partial charge is 0.0702 e. The predicted molar refractivity (Wildman–Crippen MR) is 57.9 cm³/mol. The van der Waals surface area contributed by atoms with E-state index in [0.717, 1.165) is 16.5 Å². The second-order valence-corrected chi connectivity index (χ2v) is 3.04. The molecule has 1 aromatic heterocycles. The molecule has 0 saturated heterocycles. The van der Waals surface area contributed by atoms with Crippen molar-refractivity contribution in [1.82, 2.24) is 4.98 Å². The normalized spacial score (nSPS) is 11.2. The molecule has 0 atom stereocenters. The van der Waals surface area contributed by atoms with Crippen molar-refractivity contribution in [2.75, 3.05) is 6.61 Å². The van der Waals surface area contributed by atoms with Crippen LogP contribution in [-0.2, 0) is 0 Å². The highest BCUT2D eigenvalue weighted by Gasteiger charge is 1.93. The standard InChI is InChI=1S/C12H11NO/c14-8-2-3-10-5-6-12-11(9-10)4-1-7-13-12/h1-7,9,14H,8H2/b3-2-. The van der Waals surface area contributed by atoms with Crippen molar-refractivity contribution in [3.05, 3.63) is 48.2 Å². The van der Waals surface area contributed by atoms with E-state index in [1.807, 2.05) is 30.3 Å². The largest absolute Gasteiger partial charge is 0.392 e. The van der Waals surface area contributed by atoms with E-state index >= 15 is 0 Å². The van der Waals surface area contributed by atoms with Gasteiger partial charge in [0.1, 0.15) is 0 Å². The van der Waals surface area contributed by atoms with Crippen molar-refractivity contribution in [2.45, 2.75) is 0 Å². The summed E-state index contributed by atoms with van der Waals surface area (Å²) in [6, 6.07) is 9.96. The number of hydrogen-bond acceptors (Lipinski definition) is 2. The van der Waals surface area contributed by atoms with E-state index in [1.165, 1.54) is 0 Å². The van der Waals surface area contributed by atoms with Crippen LogP contribution in [0.3, 0.4) is 0 Å². The number of benzene rings is 1. The first-order valence-corrected chi connectivity index (χ1v) is 4.52. The molecule has 0 bridgehead atoms. The van der Waals surface area contributed by atoms with Crippen LogP contribution in [0.25, 0.3) is 17.0 Å². The van der Waals surface area contributed by atoms with Gasteiger partial charge in [0.15, 0.2) is 0 Å². The van der Waals surface area contributed by atoms with E-state index in [4.69, 9.17) is 5.11 Å². The van der Waals surface area contributed by atoms with Gasteiger partial charge < -0.3 is 5.11 Å². The van der Waals surface area contributed by atoms with Gasteiger partial charge in [-0.2, -0.15) is 0 Å². The molecule has 0 aliphatic carbocycles. The molecule has 2 heteroatoms. The molecule has 0 fully saturated rings. The topological polar surface area (TPSA) is 33.1 Å². The van der Waals surface area contributed by atoms with Crippen molar-refractivity contribution in [2.24, 2.45) is 0 Å². The Labute approximate surface area is 82.5 Å². The van der Waals surface area contributed by atoms with Gasteiger partial charge in [-0.3, -0.25) is 4.98 Å². The minimum absolute atomic E-state index is 0.0745. The number of pyridine rings is 1. The van der Waals surface area contributed by atoms with Gasteiger partial charge in [-0.25, -0.2) is 0 Å². The zero-order valence-electron chi connectivity index (χ0n) is 7.72. The maximum atomic E-state index is 8.64. The third-order valence-corrected chi connectivity index (χ3v) is 2.04. The van der Waals surface area contributed by atoms with Crippen LogP contribution < -0.4 is 0 Å². The second kappa shape index (κ2) is 4.03. The molecule has 14 heavy (non-hydrogen) atoms. The lowest BCUT2D eigenvalue weighted by atomic mass is 10.1. The van der Waals surface area contributed by atoms with Gasteiger partial charge in [0.2, 0.25) is 0 Å². The quantitative estimate of drug-likeness (QED) is 0.778. The number of rotatable bonds is 2. The van der Waals surface area contributed by atoms with Crippen LogP contribution in [-0.4, -0.2) is 16.7 Å². The molecule has 0 unspecified atom stereocenters. The summed E-state index contributed by atoms with van der Waals surface area (Å²) in [5.74, 6) is 0. The first-order valence-electron chi connectivity index (χ1n) is 4.52. The van der Waals surface area contributed by atoms with Crippen LogP contribution >= 0.6 is 0 Å². The lowest BCUT2D eigenvalue weighted by molar-refractivity contribution is 0.343. The van der Waals surface area contributed by atoms with Crippen molar-refractivity contribution >= 4 is 17.0 Å². The summed E-state index contributed by atoms with van der Waals surface area (Å²) in [4.78, 5) is 4.23. The molecule has 0 spiro atoms. The molecule has 0 radical (unpaired) electrons. The third-order valence-electron chi connectivity index (χ3n) is 2.04. The van der Waals surface area contributed by atoms with Crippen molar-refractivity contribution in [3.8, 4) is 0 Å². The van der Waals surface area contributed by atoms with Gasteiger partial charge in [-0.15, -0.1) is 0 Å². The molecule has 1 heterocycles. The van der Waals surface area contributed by atoms with E-state index in [-0.39, 0.29) is 6.61 Å². The molecule has 0 saturated carbocycles. The Morgan fingerprint density at radius 3 is 3.07 bits per heavy atom. The van der Waals surface area contributed by atoms with E-state index in [0.29, 0.717) is 0 Å². The van der Waals surface area contributed by atoms with Gasteiger partial charge in [0.25, 0.3) is 0 Å². The average molecular weight is 185 g/mol. The molecular weight excluding hydrogens is 174 g/mol. The van der Waals surface area contributed by atoms with E-state index < -0.39 is 0 Å². The first kappa shape index (κ1) is 8.91. The Balaban J connectivity index is 2.46. The number of aliphatic hydroxyl groups is 1. The lowest BCUT2D eigenvalue weighted by Gasteiger charge is -1.97. The monoisotopic (exact) mass is 185 g/mol. The molecule has 0 aliphatic heterocycles. The molecule has 2 aromatic rings. The zero-order chi connectivity index (χ0) is 9.80. The highest BCUT2D eigenvalue weighted by molar-refractivity contribution is 5.80. The Morgan fingerprint density at radius 2 is 2.21 bits per heavy atom. The van der Waals surface area contributed by atoms with Crippen LogP contribution in [0.4, 0.5) is 0 Å². The predicted octanol–water partition coefficient (Wildman–Crippen LogP) is 2.24. The maximum absolute atomic E-state index is 8.64. The van der Waals surface area contributed by atoms with Crippen molar-refractivity contribution in [1.29, 1.82) is 0 Å². The van der Waals surface area contributed by atoms with E-state index in [9.17, 15) is 0 Å². The SMILES string of the molecule is OC/C=C\c1ccc2ncccc2c1. The fourth-order valence-corrected chi connectivity index (χ4v) is 1.39. The van der Waals surface area contributed by atoms with Gasteiger partial charge in [-0.05, 0) is 23.8 Å². The summed E-state index contributed by atoms with van der Waals surface area (Å²) >= 11 is 0. The molecule has 0 aliphatic rings. The summed E-state index contributed by atoms with van der Waals surface area (Å²) in [6.07, 6.45) is 5.40. The first-order chi connectivity index (χ1) is 6.90. The molecule has 1 aromatic carbocycles. The number of aliphatic hydroxyl groups excluding tert-OH is 1. The van der Waals surface area contributed by atoms with Gasteiger partial charge in [0.05, 0.1) is 12.1 Å². The average Bonchev–Trinajstić information content (AvgIpc) is 2.26. The zero-order valence-corrected chi connectivity index (χ0v) is 7.72. The Morgan fingerprint density at radius 1 is 1.29 bits per heavy atom. The Kier molecular flexibility index (Phi) is 2.56. The number of fused-ring (bicyclic) bond motifs is 1. The lowest BCUT2D eigenvalue weighted by Crippen LogP contribution is -1.79. The van der Waals surface area contributed by atoms with Crippen LogP contribution in [0.2, 0.25) is 0 Å². The summed E-state index contributed by atoms with van der Waals surface area (Å²) in [6.45, 7) is 0.0745. The van der Waals surface area contributed by atoms with Crippen molar-refractivity contribution in [3.63, 3.8) is 0 Å². The van der Waals surface area contributed by atoms with Gasteiger partial charge in [-0.1, -0.05) is 24.3 Å². The van der Waals surface area contributed by atoms with Gasteiger partial charge in [0, 0.05) is 11.6 Å². The third kappa shape index (κ3) is 1.80. The second-order valence-electron chi connectivity index (χ2n) is 3.04. The highest BCUT2D eigenvalue weighted by Crippen LogP contribution is 2.13. The molecule has 2 rings (SSSR count). The van der Waals surface area contributed by atoms with Crippen molar-refractivity contribution < 1.29 is 5.11 Å². The molecule has 70 valence electrons. The van der Waals surface area contributed by atoms with E-state index in [1.54, 1.807) is 12.3 Å². The fraction of sp³-hybridized carbons (Fsp3) is 0.0833. The minimum atomic E-state index is 0.0745. The number of nitrogens with zero attached hydrogens (tertiary/aromatic N) is 1. The fourth-order valence-electron chi connectivity index (χ4n) is 1.39. The molecular formula is C12H11NO. The van der Waals surface area contributed by atoms with Crippen LogP contribution in [0, 0.1) is 0 Å². The summed E-state index contributed by atoms with van der Waals surface area (Å²) in [5.41, 5.74) is 2.08. The summed E-state index contributed by atoms with van der Waals surface area (Å²) in [7, 11) is 0. The highest BCUT2D eigenvalue weighted by atomic mass is 16.2. The molecule has 0 amide bonds. The maximum Gasteiger partial charge on any atom is 0.0702 e. The molecule has 1 N–H and O–H groups in total. The summed E-state index contributed by atoms with van der Waals surface area (Å²) in [5, 5.41) is 9.76. The Hall–Kier alpha value is -1.67. The Bertz CT molecular complexity index is 463. The van der Waals surface area contributed by atoms with Crippen LogP contribution in [0.15, 0.2) is 42.6 Å². The van der Waals surface area contributed by atoms with Crippen LogP contribution in [0.5, 0.6) is 0 Å². The van der Waals surface area contributed by atoms with Crippen LogP contribution in [0.1, 0.15) is 5.56 Å². The number of aromatic nitrogens is 1. The van der Waals surface area contributed by atoms with E-state index in [2.05, 4.69) is 11.1 Å². The van der Waals surface area contributed by atoms with Gasteiger partial charge >= 0.3 is 0 Å². The minimum Gasteiger partial charge on any atom is -0.392 e.